The van der Waals surface area contributed by atoms with Crippen molar-refractivity contribution >= 4 is 11.7 Å². The average Bonchev–Trinajstić information content (AvgIpc) is 3.27. The van der Waals surface area contributed by atoms with Crippen LogP contribution in [-0.4, -0.2) is 30.3 Å². The van der Waals surface area contributed by atoms with Crippen molar-refractivity contribution in [3.05, 3.63) is 0 Å². The SMILES string of the molecule is O=C1CCCC2NC3C4CC5CCCCC5C4C4CNC(=O)C4C3C12. The van der Waals surface area contributed by atoms with E-state index in [4.69, 9.17) is 0 Å². The molecular formula is C21H30N2O2. The number of hydrogen-bond acceptors (Lipinski definition) is 3. The molecule has 4 heteroatoms. The number of ketones is 1. The van der Waals surface area contributed by atoms with E-state index < -0.39 is 0 Å². The number of rotatable bonds is 0. The summed E-state index contributed by atoms with van der Waals surface area (Å²) >= 11 is 0. The maximum absolute atomic E-state index is 12.8. The maximum atomic E-state index is 12.8. The van der Waals surface area contributed by atoms with Crippen LogP contribution in [-0.2, 0) is 9.59 Å². The molecule has 2 heterocycles. The highest BCUT2D eigenvalue weighted by Crippen LogP contribution is 2.62. The summed E-state index contributed by atoms with van der Waals surface area (Å²) in [6.07, 6.45) is 9.83. The van der Waals surface area contributed by atoms with Crippen LogP contribution in [0.2, 0.25) is 0 Å². The first-order valence-corrected chi connectivity index (χ1v) is 10.8. The molecule has 0 aromatic carbocycles. The van der Waals surface area contributed by atoms with Gasteiger partial charge >= 0.3 is 0 Å². The Morgan fingerprint density at radius 3 is 2.64 bits per heavy atom. The second kappa shape index (κ2) is 5.31. The van der Waals surface area contributed by atoms with Crippen molar-refractivity contribution in [2.24, 2.45) is 47.3 Å². The molecule has 2 aliphatic heterocycles. The molecular weight excluding hydrogens is 312 g/mol. The molecule has 6 aliphatic rings. The van der Waals surface area contributed by atoms with Gasteiger partial charge in [0.05, 0.1) is 0 Å². The first kappa shape index (κ1) is 15.2. The average molecular weight is 342 g/mol. The number of carbonyl (C=O) groups is 2. The second-order valence-electron chi connectivity index (χ2n) is 9.88. The molecule has 0 aromatic heterocycles. The smallest absolute Gasteiger partial charge is 0.223 e. The zero-order chi connectivity index (χ0) is 16.7. The van der Waals surface area contributed by atoms with Crippen molar-refractivity contribution in [2.75, 3.05) is 6.54 Å². The number of carbonyl (C=O) groups excluding carboxylic acids is 2. The highest BCUT2D eigenvalue weighted by molar-refractivity contribution is 5.87. The molecule has 10 unspecified atom stereocenters. The van der Waals surface area contributed by atoms with Gasteiger partial charge in [0.15, 0.2) is 0 Å². The van der Waals surface area contributed by atoms with Crippen molar-refractivity contribution < 1.29 is 9.59 Å². The largest absolute Gasteiger partial charge is 0.356 e. The Kier molecular flexibility index (Phi) is 3.22. The number of Topliss-reactive ketones (excluding diaryl/α,β-unsaturated/α-hetero) is 1. The number of fused-ring (bicyclic) bond motifs is 10. The summed E-state index contributed by atoms with van der Waals surface area (Å²) in [5.74, 6) is 4.90. The molecule has 4 saturated carbocycles. The molecule has 0 radical (unpaired) electrons. The van der Waals surface area contributed by atoms with Gasteiger partial charge in [0.1, 0.15) is 5.78 Å². The number of amides is 1. The van der Waals surface area contributed by atoms with Crippen molar-refractivity contribution in [1.29, 1.82) is 0 Å². The molecule has 4 nitrogen and oxygen atoms in total. The van der Waals surface area contributed by atoms with Gasteiger partial charge in [0.25, 0.3) is 0 Å². The van der Waals surface area contributed by atoms with E-state index in [0.29, 0.717) is 29.7 Å². The van der Waals surface area contributed by atoms with Gasteiger partial charge in [0, 0.05) is 36.9 Å². The van der Waals surface area contributed by atoms with Crippen LogP contribution < -0.4 is 10.6 Å². The van der Waals surface area contributed by atoms with E-state index in [1.165, 1.54) is 32.1 Å². The van der Waals surface area contributed by atoms with Gasteiger partial charge in [-0.25, -0.2) is 0 Å². The summed E-state index contributed by atoms with van der Waals surface area (Å²) in [6, 6.07) is 0.782. The zero-order valence-electron chi connectivity index (χ0n) is 15.0. The molecule has 2 N–H and O–H groups in total. The first-order valence-electron chi connectivity index (χ1n) is 10.8. The Labute approximate surface area is 149 Å². The van der Waals surface area contributed by atoms with Crippen LogP contribution in [0.15, 0.2) is 0 Å². The van der Waals surface area contributed by atoms with Crippen LogP contribution in [0.4, 0.5) is 0 Å². The lowest BCUT2D eigenvalue weighted by molar-refractivity contribution is -0.133. The van der Waals surface area contributed by atoms with Gasteiger partial charge in [-0.1, -0.05) is 19.3 Å². The van der Waals surface area contributed by atoms with E-state index >= 15 is 0 Å². The van der Waals surface area contributed by atoms with E-state index in [0.717, 1.165) is 43.6 Å². The second-order valence-corrected chi connectivity index (χ2v) is 9.88. The van der Waals surface area contributed by atoms with Crippen LogP contribution in [0.5, 0.6) is 0 Å². The Hall–Kier alpha value is -0.900. The third kappa shape index (κ3) is 1.92. The van der Waals surface area contributed by atoms with Crippen molar-refractivity contribution in [3.8, 4) is 0 Å². The molecule has 2 saturated heterocycles. The van der Waals surface area contributed by atoms with Gasteiger partial charge in [-0.3, -0.25) is 9.59 Å². The lowest BCUT2D eigenvalue weighted by Crippen LogP contribution is -2.52. The molecule has 4 aliphatic carbocycles. The van der Waals surface area contributed by atoms with Crippen LogP contribution in [0, 0.1) is 47.3 Å². The lowest BCUT2D eigenvalue weighted by Gasteiger charge is -2.46. The monoisotopic (exact) mass is 342 g/mol. The quantitative estimate of drug-likeness (QED) is 0.709. The van der Waals surface area contributed by atoms with Gasteiger partial charge in [-0.05, 0) is 61.2 Å². The van der Waals surface area contributed by atoms with Crippen LogP contribution in [0.25, 0.3) is 0 Å². The van der Waals surface area contributed by atoms with Gasteiger partial charge in [-0.2, -0.15) is 0 Å². The highest BCUT2D eigenvalue weighted by Gasteiger charge is 2.66. The molecule has 6 rings (SSSR count). The van der Waals surface area contributed by atoms with Gasteiger partial charge in [-0.15, -0.1) is 0 Å². The fourth-order valence-electron chi connectivity index (χ4n) is 8.55. The Morgan fingerprint density at radius 1 is 0.840 bits per heavy atom. The summed E-state index contributed by atoms with van der Waals surface area (Å²) in [6.45, 7) is 0.878. The van der Waals surface area contributed by atoms with E-state index in [1.54, 1.807) is 0 Å². The van der Waals surface area contributed by atoms with Crippen LogP contribution >= 0.6 is 0 Å². The van der Waals surface area contributed by atoms with Crippen LogP contribution in [0.1, 0.15) is 51.4 Å². The maximum Gasteiger partial charge on any atom is 0.223 e. The van der Waals surface area contributed by atoms with E-state index in [-0.39, 0.29) is 23.7 Å². The normalized spacial score (nSPS) is 56.5. The lowest BCUT2D eigenvalue weighted by atomic mass is 9.56. The molecule has 6 fully saturated rings. The summed E-state index contributed by atoms with van der Waals surface area (Å²) < 4.78 is 0. The number of hydrogen-bond donors (Lipinski definition) is 2. The fraction of sp³-hybridized carbons (Fsp3) is 0.905. The molecule has 0 aromatic rings. The van der Waals surface area contributed by atoms with Crippen molar-refractivity contribution in [1.82, 2.24) is 10.6 Å². The topological polar surface area (TPSA) is 58.2 Å². The van der Waals surface area contributed by atoms with E-state index in [1.807, 2.05) is 0 Å². The van der Waals surface area contributed by atoms with Crippen molar-refractivity contribution in [2.45, 2.75) is 63.5 Å². The zero-order valence-corrected chi connectivity index (χ0v) is 15.0. The molecule has 0 spiro atoms. The van der Waals surface area contributed by atoms with E-state index in [2.05, 4.69) is 10.6 Å². The highest BCUT2D eigenvalue weighted by atomic mass is 16.2. The Bertz CT molecular complexity index is 619. The van der Waals surface area contributed by atoms with Crippen LogP contribution in [0.3, 0.4) is 0 Å². The molecule has 0 bridgehead atoms. The summed E-state index contributed by atoms with van der Waals surface area (Å²) in [4.78, 5) is 25.6. The Balaban J connectivity index is 1.43. The molecule has 136 valence electrons. The minimum Gasteiger partial charge on any atom is -0.356 e. The first-order chi connectivity index (χ1) is 12.2. The van der Waals surface area contributed by atoms with E-state index in [9.17, 15) is 9.59 Å². The standard InChI is InChI=1S/C21H30N2O2/c24-15-7-3-6-14-18(15)19-17-13(9-22-21(17)25)16-11-5-2-1-4-10(11)8-12(16)20(19)23-14/h10-14,16-20,23H,1-9H2,(H,22,25). The fourth-order valence-corrected chi connectivity index (χ4v) is 8.55. The summed E-state index contributed by atoms with van der Waals surface area (Å²) in [5, 5.41) is 7.15. The molecule has 25 heavy (non-hydrogen) atoms. The summed E-state index contributed by atoms with van der Waals surface area (Å²) in [7, 11) is 0. The predicted octanol–water partition coefficient (Wildman–Crippen LogP) is 2.13. The third-order valence-corrected chi connectivity index (χ3v) is 9.16. The van der Waals surface area contributed by atoms with Gasteiger partial charge in [0.2, 0.25) is 5.91 Å². The minimum absolute atomic E-state index is 0.108. The van der Waals surface area contributed by atoms with Gasteiger partial charge < -0.3 is 10.6 Å². The Morgan fingerprint density at radius 2 is 1.72 bits per heavy atom. The van der Waals surface area contributed by atoms with Crippen molar-refractivity contribution in [3.63, 3.8) is 0 Å². The molecule has 1 amide bonds. The molecule has 10 atom stereocenters. The predicted molar refractivity (Wildman–Crippen MR) is 93.6 cm³/mol. The summed E-state index contributed by atoms with van der Waals surface area (Å²) in [5.41, 5.74) is 0. The third-order valence-electron chi connectivity index (χ3n) is 9.16. The number of nitrogens with one attached hydrogen (secondary N) is 2. The minimum atomic E-state index is 0.108.